The molecule has 0 bridgehead atoms. The average Bonchev–Trinajstić information content (AvgIpc) is 3.15. The summed E-state index contributed by atoms with van der Waals surface area (Å²) in [5.41, 5.74) is 2.28. The third-order valence-corrected chi connectivity index (χ3v) is 11.2. The molecule has 1 atom stereocenters. The van der Waals surface area contributed by atoms with Gasteiger partial charge >= 0.3 is 18.2 Å². The summed E-state index contributed by atoms with van der Waals surface area (Å²) in [6, 6.07) is 13.9. The van der Waals surface area contributed by atoms with Crippen molar-refractivity contribution in [1.82, 2.24) is 39.6 Å². The van der Waals surface area contributed by atoms with Gasteiger partial charge in [0.05, 0.1) is 45.3 Å². The van der Waals surface area contributed by atoms with E-state index in [4.69, 9.17) is 15.2 Å². The van der Waals surface area contributed by atoms with Crippen LogP contribution >= 0.6 is 0 Å². The lowest BCUT2D eigenvalue weighted by molar-refractivity contribution is -0.0593. The molecule has 4 fully saturated rings. The highest BCUT2D eigenvalue weighted by atomic mass is 19.2. The number of carbonyl (C=O) groups is 3. The molecule has 0 unspecified atom stereocenters. The Hall–Kier alpha value is -4.30. The number of carbonyl (C=O) groups excluding carboxylic acids is 3. The average molecular weight is 954 g/mol. The molecule has 0 spiro atoms. The summed E-state index contributed by atoms with van der Waals surface area (Å²) >= 11 is 0. The molecule has 0 radical (unpaired) electrons. The van der Waals surface area contributed by atoms with E-state index in [1.54, 1.807) is 73.3 Å². The first-order valence-corrected chi connectivity index (χ1v) is 22.8. The zero-order valence-corrected chi connectivity index (χ0v) is 41.7. The van der Waals surface area contributed by atoms with Gasteiger partial charge in [-0.05, 0) is 119 Å². The lowest BCUT2D eigenvalue weighted by atomic mass is 9.88. The van der Waals surface area contributed by atoms with Gasteiger partial charge in [-0.25, -0.2) is 36.3 Å². The van der Waals surface area contributed by atoms with Gasteiger partial charge in [0.25, 0.3) is 0 Å². The van der Waals surface area contributed by atoms with Crippen LogP contribution in [0.15, 0.2) is 48.5 Å². The van der Waals surface area contributed by atoms with E-state index in [1.165, 1.54) is 27.5 Å². The summed E-state index contributed by atoms with van der Waals surface area (Å²) < 4.78 is 78.7. The predicted molar refractivity (Wildman–Crippen MR) is 251 cm³/mol. The molecule has 4 saturated heterocycles. The number of nitrogens with two attached hydrogens (primary N) is 1. The number of amides is 4. The van der Waals surface area contributed by atoms with E-state index in [1.807, 2.05) is 65.4 Å². The smallest absolute Gasteiger partial charge is 0.410 e. The van der Waals surface area contributed by atoms with E-state index >= 15 is 0 Å². The van der Waals surface area contributed by atoms with Crippen molar-refractivity contribution >= 4 is 18.2 Å². The minimum atomic E-state index is -1.41. The molecule has 5 heterocycles. The molecule has 4 amide bonds. The quantitative estimate of drug-likeness (QED) is 0.316. The third-order valence-electron chi connectivity index (χ3n) is 11.2. The molecule has 2 aromatic rings. The van der Waals surface area contributed by atoms with Crippen molar-refractivity contribution in [2.75, 3.05) is 127 Å². The molecule has 67 heavy (non-hydrogen) atoms. The first kappa shape index (κ1) is 55.3. The van der Waals surface area contributed by atoms with Crippen LogP contribution in [0.1, 0.15) is 64.3 Å². The Bertz CT molecular complexity index is 1940. The van der Waals surface area contributed by atoms with Crippen LogP contribution in [0, 0.1) is 5.82 Å². The van der Waals surface area contributed by atoms with Crippen LogP contribution in [0.5, 0.6) is 0 Å². The van der Waals surface area contributed by atoms with Gasteiger partial charge < -0.3 is 54.8 Å². The van der Waals surface area contributed by atoms with Crippen molar-refractivity contribution in [3.8, 4) is 0 Å². The molecule has 378 valence electrons. The Morgan fingerprint density at radius 1 is 0.657 bits per heavy atom. The minimum Gasteiger partial charge on any atom is -0.444 e. The van der Waals surface area contributed by atoms with Gasteiger partial charge in [-0.15, -0.1) is 0 Å². The Labute approximate surface area is 394 Å². The number of alkyl halides is 4. The SMILES string of the molecule is CC(C)(C)OC(=O)N1CC(F)(CN)C1.CN(C)CC1(F)CN(C(=O)N2CCc3ccccc3[C@@H]2c2ccc(F)cc2)C1.CN(C)CC1(F)CN(C(=O)OC(C)(C)C)C1.CN(C)CC1(F)CNC1. The van der Waals surface area contributed by atoms with Crippen molar-refractivity contribution in [3.05, 3.63) is 71.0 Å². The summed E-state index contributed by atoms with van der Waals surface area (Å²) in [5.74, 6) is -0.306. The molecule has 5 aliphatic heterocycles. The molecule has 14 nitrogen and oxygen atoms in total. The van der Waals surface area contributed by atoms with Crippen LogP contribution in [0.3, 0.4) is 0 Å². The first-order valence-electron chi connectivity index (χ1n) is 22.8. The summed E-state index contributed by atoms with van der Waals surface area (Å²) in [4.78, 5) is 47.6. The Kier molecular flexibility index (Phi) is 18.1. The first-order chi connectivity index (χ1) is 30.9. The van der Waals surface area contributed by atoms with E-state index in [0.717, 1.165) is 17.5 Å². The standard InChI is InChI=1S/C22H25F2N3O.C11H21FN2O2.C9H17FN2O2.C6H13FN2/c1-25(2)13-22(24)14-26(15-22)21(28)27-12-11-16-5-3-4-6-19(16)20(27)17-7-9-18(23)10-8-17;1-10(2,3)16-9(15)14-7-11(12,8-14)6-13(4)5;1-8(2,3)14-7(13)12-5-9(10,4-11)6-12;1-9(2)5-6(7)3-8-4-6/h3-10,20H,11-15H2,1-2H3;6-8H2,1-5H3;4-6,11H2,1-3H3;8H,3-5H2,1-2H3/t20-;;;/m0.../s1. The molecule has 5 aliphatic rings. The number of halogens is 5. The van der Waals surface area contributed by atoms with Crippen molar-refractivity contribution < 1.29 is 45.8 Å². The number of nitrogens with zero attached hydrogens (tertiary/aromatic N) is 7. The fourth-order valence-corrected chi connectivity index (χ4v) is 8.46. The van der Waals surface area contributed by atoms with Crippen LogP contribution in [0.4, 0.5) is 36.3 Å². The second-order valence-electron chi connectivity index (χ2n) is 21.5. The fourth-order valence-electron chi connectivity index (χ4n) is 8.46. The Morgan fingerprint density at radius 3 is 1.46 bits per heavy atom. The van der Waals surface area contributed by atoms with Crippen molar-refractivity contribution in [1.29, 1.82) is 0 Å². The maximum absolute atomic E-state index is 14.7. The van der Waals surface area contributed by atoms with Crippen LogP contribution in [-0.4, -0.2) is 214 Å². The number of rotatable bonds is 8. The monoisotopic (exact) mass is 954 g/mol. The second-order valence-corrected chi connectivity index (χ2v) is 21.5. The summed E-state index contributed by atoms with van der Waals surface area (Å²) in [7, 11) is 11.1. The van der Waals surface area contributed by atoms with Crippen LogP contribution < -0.4 is 11.1 Å². The number of likely N-dealkylation sites (tertiary alicyclic amines) is 3. The van der Waals surface area contributed by atoms with E-state index in [0.29, 0.717) is 39.3 Å². The summed E-state index contributed by atoms with van der Waals surface area (Å²) in [5, 5.41) is 2.91. The van der Waals surface area contributed by atoms with E-state index in [2.05, 4.69) is 11.4 Å². The van der Waals surface area contributed by atoms with Gasteiger partial charge in [-0.3, -0.25) is 0 Å². The largest absolute Gasteiger partial charge is 0.444 e. The Balaban J connectivity index is 0.000000214. The zero-order valence-electron chi connectivity index (χ0n) is 41.7. The molecule has 0 aromatic heterocycles. The number of nitrogens with one attached hydrogen (secondary N) is 1. The fraction of sp³-hybridized carbons (Fsp3) is 0.688. The van der Waals surface area contributed by atoms with E-state index in [9.17, 15) is 36.3 Å². The topological polar surface area (TPSA) is 130 Å². The van der Waals surface area contributed by atoms with Crippen LogP contribution in [-0.2, 0) is 15.9 Å². The molecule has 0 aliphatic carbocycles. The number of hydrogen-bond acceptors (Lipinski definition) is 10. The normalized spacial score (nSPS) is 20.8. The third kappa shape index (κ3) is 16.4. The van der Waals surface area contributed by atoms with E-state index in [-0.39, 0.29) is 63.7 Å². The second kappa shape index (κ2) is 22.0. The molecule has 0 saturated carbocycles. The number of urea groups is 1. The molecule has 19 heteroatoms. The van der Waals surface area contributed by atoms with Gasteiger partial charge in [-0.1, -0.05) is 36.4 Å². The summed E-state index contributed by atoms with van der Waals surface area (Å²) in [6.07, 6.45) is -0.148. The molecular weight excluding hydrogens is 878 g/mol. The molecule has 7 rings (SSSR count). The van der Waals surface area contributed by atoms with Gasteiger partial charge in [0.15, 0.2) is 17.0 Å². The Morgan fingerprint density at radius 2 is 1.07 bits per heavy atom. The predicted octanol–water partition coefficient (Wildman–Crippen LogP) is 5.75. The van der Waals surface area contributed by atoms with E-state index < -0.39 is 46.1 Å². The number of benzene rings is 2. The van der Waals surface area contributed by atoms with Crippen LogP contribution in [0.25, 0.3) is 0 Å². The highest BCUT2D eigenvalue weighted by Gasteiger charge is 2.50. The molecule has 3 N–H and O–H groups in total. The number of fused-ring (bicyclic) bond motifs is 1. The highest BCUT2D eigenvalue weighted by molar-refractivity contribution is 5.77. The molecular formula is C48H76F5N9O5. The van der Waals surface area contributed by atoms with Gasteiger partial charge in [0.1, 0.15) is 22.7 Å². The lowest BCUT2D eigenvalue weighted by Gasteiger charge is -2.49. The van der Waals surface area contributed by atoms with Gasteiger partial charge in [0.2, 0.25) is 0 Å². The van der Waals surface area contributed by atoms with Crippen molar-refractivity contribution in [2.24, 2.45) is 5.73 Å². The minimum absolute atomic E-state index is 0.0401. The molecule has 2 aromatic carbocycles. The van der Waals surface area contributed by atoms with Crippen molar-refractivity contribution in [2.45, 2.75) is 87.9 Å². The summed E-state index contributed by atoms with van der Waals surface area (Å²) in [6.45, 7) is 14.0. The van der Waals surface area contributed by atoms with Crippen LogP contribution in [0.2, 0.25) is 0 Å². The number of hydrogen-bond donors (Lipinski definition) is 2. The highest BCUT2D eigenvalue weighted by Crippen LogP contribution is 2.38. The maximum Gasteiger partial charge on any atom is 0.410 e. The number of ether oxygens (including phenoxy) is 2. The van der Waals surface area contributed by atoms with Gasteiger partial charge in [0, 0.05) is 45.8 Å². The maximum atomic E-state index is 14.7. The van der Waals surface area contributed by atoms with Crippen molar-refractivity contribution in [3.63, 3.8) is 0 Å². The zero-order chi connectivity index (χ0) is 50.3. The lowest BCUT2D eigenvalue weighted by Crippen LogP contribution is -2.67. The van der Waals surface area contributed by atoms with Gasteiger partial charge in [-0.2, -0.15) is 0 Å².